The number of ether oxygens (including phenoxy) is 2. The number of esters is 1. The molecule has 0 saturated carbocycles. The van der Waals surface area contributed by atoms with E-state index in [1.54, 1.807) is 0 Å². The molecule has 1 atom stereocenters. The summed E-state index contributed by atoms with van der Waals surface area (Å²) in [4.78, 5) is 25.5. The molecule has 1 aromatic carbocycles. The van der Waals surface area contributed by atoms with Crippen LogP contribution >= 0.6 is 0 Å². The van der Waals surface area contributed by atoms with Crippen LogP contribution in [0.15, 0.2) is 24.3 Å². The molecule has 1 amide bonds. The molecule has 3 rings (SSSR count). The van der Waals surface area contributed by atoms with E-state index in [2.05, 4.69) is 0 Å². The second-order valence-corrected chi connectivity index (χ2v) is 5.08. The number of hydrogen-bond acceptors (Lipinski definition) is 4. The van der Waals surface area contributed by atoms with E-state index < -0.39 is 0 Å². The lowest BCUT2D eigenvalue weighted by Crippen LogP contribution is -2.40. The summed E-state index contributed by atoms with van der Waals surface area (Å²) in [5.41, 5.74) is 1.92. The van der Waals surface area contributed by atoms with Crippen molar-refractivity contribution in [3.05, 3.63) is 29.8 Å². The molecule has 2 aliphatic rings. The van der Waals surface area contributed by atoms with Crippen LogP contribution in [0.3, 0.4) is 0 Å². The van der Waals surface area contributed by atoms with Gasteiger partial charge in [-0.3, -0.25) is 9.59 Å². The molecule has 1 fully saturated rings. The number of amides is 1. The van der Waals surface area contributed by atoms with Crippen molar-refractivity contribution in [2.45, 2.75) is 25.4 Å². The van der Waals surface area contributed by atoms with E-state index in [4.69, 9.17) is 9.47 Å². The number of nitrogens with zero attached hydrogens (tertiary/aromatic N) is 1. The molecule has 2 heterocycles. The van der Waals surface area contributed by atoms with Gasteiger partial charge in [0.25, 0.3) is 0 Å². The van der Waals surface area contributed by atoms with Crippen LogP contribution in [0.2, 0.25) is 0 Å². The van der Waals surface area contributed by atoms with Crippen molar-refractivity contribution in [2.75, 3.05) is 24.7 Å². The Hall–Kier alpha value is -1.88. The third-order valence-electron chi connectivity index (χ3n) is 3.66. The smallest absolute Gasteiger partial charge is 0.326 e. The van der Waals surface area contributed by atoms with Gasteiger partial charge in [-0.05, 0) is 18.1 Å². The monoisotopic (exact) mass is 275 g/mol. The Balaban J connectivity index is 1.69. The molecular weight excluding hydrogens is 258 g/mol. The first kappa shape index (κ1) is 13.1. The first-order chi connectivity index (χ1) is 9.74. The van der Waals surface area contributed by atoms with E-state index in [0.717, 1.165) is 24.1 Å². The average molecular weight is 275 g/mol. The van der Waals surface area contributed by atoms with Crippen molar-refractivity contribution in [2.24, 2.45) is 0 Å². The normalized spacial score (nSPS) is 21.7. The fourth-order valence-corrected chi connectivity index (χ4v) is 2.63. The number of anilines is 1. The molecule has 1 saturated heterocycles. The molecule has 0 radical (unpaired) electrons. The third-order valence-corrected chi connectivity index (χ3v) is 3.66. The number of carbonyl (C=O) groups is 2. The maximum Gasteiger partial charge on any atom is 0.326 e. The summed E-state index contributed by atoms with van der Waals surface area (Å²) < 4.78 is 10.5. The van der Waals surface area contributed by atoms with E-state index in [0.29, 0.717) is 19.6 Å². The standard InChI is InChI=1S/C15H17NO4/c17-14-6-5-11-3-1-2-4-13(11)16(14)9-15(18)20-12-7-8-19-10-12/h1-4,12H,5-10H2. The minimum atomic E-state index is -0.370. The second-order valence-electron chi connectivity index (χ2n) is 5.08. The van der Waals surface area contributed by atoms with E-state index in [1.807, 2.05) is 24.3 Å². The second kappa shape index (κ2) is 5.63. The number of aryl methyl sites for hydroxylation is 1. The topological polar surface area (TPSA) is 55.8 Å². The van der Waals surface area contributed by atoms with Crippen molar-refractivity contribution in [3.63, 3.8) is 0 Å². The molecule has 20 heavy (non-hydrogen) atoms. The number of fused-ring (bicyclic) bond motifs is 1. The lowest BCUT2D eigenvalue weighted by atomic mass is 10.0. The van der Waals surface area contributed by atoms with Gasteiger partial charge in [-0.25, -0.2) is 0 Å². The number of rotatable bonds is 3. The highest BCUT2D eigenvalue weighted by molar-refractivity contribution is 6.00. The van der Waals surface area contributed by atoms with Crippen molar-refractivity contribution >= 4 is 17.6 Å². The van der Waals surface area contributed by atoms with Crippen LogP contribution in [-0.4, -0.2) is 37.7 Å². The van der Waals surface area contributed by atoms with Crippen LogP contribution in [0.1, 0.15) is 18.4 Å². The van der Waals surface area contributed by atoms with Crippen LogP contribution < -0.4 is 4.90 Å². The minimum Gasteiger partial charge on any atom is -0.458 e. The minimum absolute atomic E-state index is 0.0215. The summed E-state index contributed by atoms with van der Waals surface area (Å²) in [6.45, 7) is 1.06. The van der Waals surface area contributed by atoms with Crippen LogP contribution in [0.4, 0.5) is 5.69 Å². The Labute approximate surface area is 117 Å². The van der Waals surface area contributed by atoms with Crippen LogP contribution in [0.5, 0.6) is 0 Å². The molecule has 106 valence electrons. The molecular formula is C15H17NO4. The molecule has 0 N–H and O–H groups in total. The van der Waals surface area contributed by atoms with E-state index in [9.17, 15) is 9.59 Å². The Morgan fingerprint density at radius 1 is 1.35 bits per heavy atom. The maximum absolute atomic E-state index is 12.0. The van der Waals surface area contributed by atoms with E-state index in [1.165, 1.54) is 4.90 Å². The summed E-state index contributed by atoms with van der Waals surface area (Å²) in [7, 11) is 0. The Bertz CT molecular complexity index is 522. The van der Waals surface area contributed by atoms with Gasteiger partial charge in [0.2, 0.25) is 5.91 Å². The number of benzene rings is 1. The van der Waals surface area contributed by atoms with Gasteiger partial charge in [0.15, 0.2) is 0 Å². The van der Waals surface area contributed by atoms with Crippen LogP contribution in [0, 0.1) is 0 Å². The molecule has 2 aliphatic heterocycles. The lowest BCUT2D eigenvalue weighted by molar-refractivity contribution is -0.148. The first-order valence-corrected chi connectivity index (χ1v) is 6.89. The molecule has 0 aromatic heterocycles. The summed E-state index contributed by atoms with van der Waals surface area (Å²) in [6, 6.07) is 7.69. The van der Waals surface area contributed by atoms with Gasteiger partial charge in [-0.2, -0.15) is 0 Å². The van der Waals surface area contributed by atoms with Crippen molar-refractivity contribution in [1.29, 1.82) is 0 Å². The first-order valence-electron chi connectivity index (χ1n) is 6.89. The lowest BCUT2D eigenvalue weighted by Gasteiger charge is -2.28. The summed E-state index contributed by atoms with van der Waals surface area (Å²) in [5.74, 6) is -0.395. The summed E-state index contributed by atoms with van der Waals surface area (Å²) >= 11 is 0. The van der Waals surface area contributed by atoms with Crippen LogP contribution in [0.25, 0.3) is 0 Å². The highest BCUT2D eigenvalue weighted by atomic mass is 16.6. The van der Waals surface area contributed by atoms with Gasteiger partial charge < -0.3 is 14.4 Å². The van der Waals surface area contributed by atoms with E-state index >= 15 is 0 Å². The largest absolute Gasteiger partial charge is 0.458 e. The van der Waals surface area contributed by atoms with Gasteiger partial charge in [0, 0.05) is 18.5 Å². The zero-order valence-corrected chi connectivity index (χ0v) is 11.2. The fourth-order valence-electron chi connectivity index (χ4n) is 2.63. The van der Waals surface area contributed by atoms with Crippen molar-refractivity contribution in [3.8, 4) is 0 Å². The zero-order valence-electron chi connectivity index (χ0n) is 11.2. The zero-order chi connectivity index (χ0) is 13.9. The summed E-state index contributed by atoms with van der Waals surface area (Å²) in [5, 5.41) is 0. The maximum atomic E-state index is 12.0. The van der Waals surface area contributed by atoms with Gasteiger partial charge in [0.05, 0.1) is 13.2 Å². The molecule has 1 unspecified atom stereocenters. The number of carbonyl (C=O) groups excluding carboxylic acids is 2. The molecule has 0 aliphatic carbocycles. The predicted octanol–water partition coefficient (Wildman–Crippen LogP) is 1.30. The number of para-hydroxylation sites is 1. The number of hydrogen-bond donors (Lipinski definition) is 0. The quantitative estimate of drug-likeness (QED) is 0.780. The Morgan fingerprint density at radius 3 is 3.00 bits per heavy atom. The molecule has 1 aromatic rings. The molecule has 5 nitrogen and oxygen atoms in total. The molecule has 0 spiro atoms. The third kappa shape index (κ3) is 2.67. The van der Waals surface area contributed by atoms with Gasteiger partial charge in [-0.15, -0.1) is 0 Å². The predicted molar refractivity (Wildman–Crippen MR) is 72.4 cm³/mol. The highest BCUT2D eigenvalue weighted by Gasteiger charge is 2.27. The molecule has 0 bridgehead atoms. The highest BCUT2D eigenvalue weighted by Crippen LogP contribution is 2.27. The van der Waals surface area contributed by atoms with E-state index in [-0.39, 0.29) is 24.5 Å². The van der Waals surface area contributed by atoms with Crippen molar-refractivity contribution in [1.82, 2.24) is 0 Å². The average Bonchev–Trinajstić information content (AvgIpc) is 2.95. The van der Waals surface area contributed by atoms with Gasteiger partial charge in [-0.1, -0.05) is 18.2 Å². The fraction of sp³-hybridized carbons (Fsp3) is 0.467. The Kier molecular flexibility index (Phi) is 3.69. The summed E-state index contributed by atoms with van der Waals surface area (Å²) in [6.07, 6.45) is 1.74. The van der Waals surface area contributed by atoms with Gasteiger partial charge in [0.1, 0.15) is 12.6 Å². The van der Waals surface area contributed by atoms with Crippen LogP contribution in [-0.2, 0) is 25.5 Å². The Morgan fingerprint density at radius 2 is 2.20 bits per heavy atom. The van der Waals surface area contributed by atoms with Crippen molar-refractivity contribution < 1.29 is 19.1 Å². The SMILES string of the molecule is O=C(CN1C(=O)CCc2ccccc21)OC1CCOC1. The molecule has 5 heteroatoms. The van der Waals surface area contributed by atoms with Gasteiger partial charge >= 0.3 is 5.97 Å².